The lowest BCUT2D eigenvalue weighted by Crippen LogP contribution is -2.05. The Morgan fingerprint density at radius 2 is 0.867 bits per heavy atom. The molecule has 9 heteroatoms. The van der Waals surface area contributed by atoms with Crippen molar-refractivity contribution in [1.29, 1.82) is 0 Å². The molecule has 228 valence electrons. The number of ether oxygens (including phenoxy) is 4. The quantitative estimate of drug-likeness (QED) is 0.0992. The molecule has 0 aliphatic rings. The molecular formula is C36H30O8S. The first-order valence-corrected chi connectivity index (χ1v) is 14.6. The lowest BCUT2D eigenvalue weighted by molar-refractivity contribution is -0.133. The number of esters is 4. The molecule has 0 N–H and O–H groups in total. The highest BCUT2D eigenvalue weighted by Crippen LogP contribution is 2.43. The minimum Gasteiger partial charge on any atom is -0.427 e. The Kier molecular flexibility index (Phi) is 11.1. The number of carbonyl (C=O) groups is 4. The van der Waals surface area contributed by atoms with Gasteiger partial charge in [0.05, 0.1) is 9.79 Å². The molecule has 0 aromatic heterocycles. The SMILES string of the molecule is CC(=O)Oc1cccc(/C=C\c2cccc(Sc3cccc(/C=C\c4cccc(OC(C)=O)c4)c3OC(C)=O)c2OC(C)=O)c1. The van der Waals surface area contributed by atoms with Crippen molar-refractivity contribution in [2.75, 3.05) is 0 Å². The number of benzene rings is 4. The molecule has 45 heavy (non-hydrogen) atoms. The summed E-state index contributed by atoms with van der Waals surface area (Å²) in [6, 6.07) is 24.9. The van der Waals surface area contributed by atoms with Crippen LogP contribution in [0.25, 0.3) is 24.3 Å². The van der Waals surface area contributed by atoms with Gasteiger partial charge >= 0.3 is 23.9 Å². The zero-order valence-corrected chi connectivity index (χ0v) is 25.9. The second kappa shape index (κ2) is 15.4. The van der Waals surface area contributed by atoms with Crippen LogP contribution in [0.15, 0.2) is 94.7 Å². The van der Waals surface area contributed by atoms with Gasteiger partial charge in [0, 0.05) is 38.8 Å². The van der Waals surface area contributed by atoms with Crippen molar-refractivity contribution in [3.63, 3.8) is 0 Å². The van der Waals surface area contributed by atoms with Gasteiger partial charge in [0.2, 0.25) is 0 Å². The van der Waals surface area contributed by atoms with Crippen LogP contribution in [0.4, 0.5) is 0 Å². The Morgan fingerprint density at radius 3 is 1.24 bits per heavy atom. The standard InChI is InChI=1S/C36H30O8S/c1-23(37)41-31-13-5-9-27(21-31)17-19-29-11-7-15-33(35(29)43-25(3)39)45-34-16-8-12-30(36(34)44-26(4)40)20-18-28-10-6-14-32(22-28)42-24(2)38/h5-22H,1-4H3/b19-17-,20-18-. The average Bonchev–Trinajstić information content (AvgIpc) is 2.96. The van der Waals surface area contributed by atoms with E-state index in [1.54, 1.807) is 48.6 Å². The third kappa shape index (κ3) is 9.80. The van der Waals surface area contributed by atoms with E-state index in [9.17, 15) is 19.2 Å². The van der Waals surface area contributed by atoms with Crippen molar-refractivity contribution < 1.29 is 38.1 Å². The summed E-state index contributed by atoms with van der Waals surface area (Å²) in [6.45, 7) is 5.32. The monoisotopic (exact) mass is 622 g/mol. The number of carbonyl (C=O) groups excluding carboxylic acids is 4. The fourth-order valence-corrected chi connectivity index (χ4v) is 5.22. The van der Waals surface area contributed by atoms with Crippen LogP contribution in [0.3, 0.4) is 0 Å². The second-order valence-electron chi connectivity index (χ2n) is 9.64. The smallest absolute Gasteiger partial charge is 0.308 e. The maximum atomic E-state index is 12.2. The fraction of sp³-hybridized carbons (Fsp3) is 0.111. The van der Waals surface area contributed by atoms with Gasteiger partial charge in [-0.1, -0.05) is 84.6 Å². The van der Waals surface area contributed by atoms with Crippen LogP contribution >= 0.6 is 11.8 Å². The lowest BCUT2D eigenvalue weighted by atomic mass is 10.1. The molecule has 0 spiro atoms. The van der Waals surface area contributed by atoms with E-state index in [1.807, 2.05) is 60.7 Å². The van der Waals surface area contributed by atoms with Crippen LogP contribution in [0, 0.1) is 0 Å². The van der Waals surface area contributed by atoms with Crippen LogP contribution in [-0.2, 0) is 19.2 Å². The van der Waals surface area contributed by atoms with E-state index in [2.05, 4.69) is 0 Å². The van der Waals surface area contributed by atoms with Crippen LogP contribution in [0.1, 0.15) is 49.9 Å². The van der Waals surface area contributed by atoms with Gasteiger partial charge in [0.15, 0.2) is 11.5 Å². The predicted molar refractivity (Wildman–Crippen MR) is 173 cm³/mol. The van der Waals surface area contributed by atoms with E-state index in [1.165, 1.54) is 39.5 Å². The summed E-state index contributed by atoms with van der Waals surface area (Å²) < 4.78 is 21.7. The van der Waals surface area contributed by atoms with E-state index in [4.69, 9.17) is 18.9 Å². The Bertz CT molecular complexity index is 1670. The molecule has 8 nitrogen and oxygen atoms in total. The molecule has 0 heterocycles. The van der Waals surface area contributed by atoms with E-state index in [0.717, 1.165) is 11.1 Å². The van der Waals surface area contributed by atoms with Crippen molar-refractivity contribution in [3.8, 4) is 23.0 Å². The summed E-state index contributed by atoms with van der Waals surface area (Å²) >= 11 is 1.28. The molecule has 0 saturated heterocycles. The summed E-state index contributed by atoms with van der Waals surface area (Å²) in [4.78, 5) is 48.2. The van der Waals surface area contributed by atoms with Crippen LogP contribution in [0.5, 0.6) is 23.0 Å². The van der Waals surface area contributed by atoms with Crippen LogP contribution < -0.4 is 18.9 Å². The van der Waals surface area contributed by atoms with Crippen molar-refractivity contribution in [2.24, 2.45) is 0 Å². The molecule has 0 bridgehead atoms. The Morgan fingerprint density at radius 1 is 0.489 bits per heavy atom. The van der Waals surface area contributed by atoms with Gasteiger partial charge in [0.1, 0.15) is 11.5 Å². The summed E-state index contributed by atoms with van der Waals surface area (Å²) in [7, 11) is 0. The van der Waals surface area contributed by atoms with E-state index < -0.39 is 23.9 Å². The van der Waals surface area contributed by atoms with Gasteiger partial charge in [-0.2, -0.15) is 0 Å². The summed E-state index contributed by atoms with van der Waals surface area (Å²) in [5, 5.41) is 0. The highest BCUT2D eigenvalue weighted by molar-refractivity contribution is 7.99. The normalized spacial score (nSPS) is 10.9. The molecule has 0 fully saturated rings. The van der Waals surface area contributed by atoms with Gasteiger partial charge in [-0.3, -0.25) is 19.2 Å². The number of rotatable bonds is 10. The van der Waals surface area contributed by atoms with Crippen LogP contribution in [0.2, 0.25) is 0 Å². The zero-order chi connectivity index (χ0) is 32.3. The Labute approximate surface area is 265 Å². The van der Waals surface area contributed by atoms with Crippen molar-refractivity contribution in [2.45, 2.75) is 37.5 Å². The van der Waals surface area contributed by atoms with E-state index in [0.29, 0.717) is 43.9 Å². The van der Waals surface area contributed by atoms with Crippen LogP contribution in [-0.4, -0.2) is 23.9 Å². The third-order valence-corrected chi connectivity index (χ3v) is 6.96. The Balaban J connectivity index is 1.69. The molecule has 0 saturated carbocycles. The molecule has 0 aliphatic heterocycles. The Hall–Kier alpha value is -5.41. The molecule has 0 unspecified atom stereocenters. The first-order chi connectivity index (χ1) is 21.6. The highest BCUT2D eigenvalue weighted by atomic mass is 32.2. The molecule has 0 radical (unpaired) electrons. The summed E-state index contributed by atoms with van der Waals surface area (Å²) in [6.07, 6.45) is 7.22. The maximum absolute atomic E-state index is 12.2. The van der Waals surface area contributed by atoms with Gasteiger partial charge in [-0.15, -0.1) is 0 Å². The molecule has 0 aliphatic carbocycles. The first kappa shape index (κ1) is 32.5. The van der Waals surface area contributed by atoms with Crippen molar-refractivity contribution >= 4 is 59.9 Å². The van der Waals surface area contributed by atoms with Gasteiger partial charge < -0.3 is 18.9 Å². The molecular weight excluding hydrogens is 592 g/mol. The maximum Gasteiger partial charge on any atom is 0.308 e. The molecule has 0 atom stereocenters. The van der Waals surface area contributed by atoms with Crippen molar-refractivity contribution in [3.05, 3.63) is 107 Å². The average molecular weight is 623 g/mol. The minimum atomic E-state index is -0.498. The third-order valence-electron chi connectivity index (χ3n) is 5.88. The summed E-state index contributed by atoms with van der Waals surface area (Å²) in [5.41, 5.74) is 2.81. The molecule has 0 amide bonds. The van der Waals surface area contributed by atoms with Gasteiger partial charge in [0.25, 0.3) is 0 Å². The minimum absolute atomic E-state index is 0.333. The van der Waals surface area contributed by atoms with Gasteiger partial charge in [-0.05, 0) is 47.5 Å². The second-order valence-corrected chi connectivity index (χ2v) is 10.7. The number of hydrogen-bond donors (Lipinski definition) is 0. The van der Waals surface area contributed by atoms with Gasteiger partial charge in [-0.25, -0.2) is 0 Å². The van der Waals surface area contributed by atoms with Crippen molar-refractivity contribution in [1.82, 2.24) is 0 Å². The first-order valence-electron chi connectivity index (χ1n) is 13.8. The number of hydrogen-bond acceptors (Lipinski definition) is 9. The fourth-order valence-electron chi connectivity index (χ4n) is 4.18. The lowest BCUT2D eigenvalue weighted by Gasteiger charge is -2.15. The molecule has 4 aromatic carbocycles. The van der Waals surface area contributed by atoms with E-state index in [-0.39, 0.29) is 0 Å². The number of para-hydroxylation sites is 2. The molecule has 4 rings (SSSR count). The summed E-state index contributed by atoms with van der Waals surface area (Å²) in [5.74, 6) is -0.335. The highest BCUT2D eigenvalue weighted by Gasteiger charge is 2.17. The zero-order valence-electron chi connectivity index (χ0n) is 25.1. The largest absolute Gasteiger partial charge is 0.427 e. The topological polar surface area (TPSA) is 105 Å². The predicted octanol–water partition coefficient (Wildman–Crippen LogP) is 7.88. The molecule has 4 aromatic rings. The van der Waals surface area contributed by atoms with E-state index >= 15 is 0 Å².